The Labute approximate surface area is 141 Å². The van der Waals surface area contributed by atoms with Crippen molar-refractivity contribution in [3.05, 3.63) is 42.2 Å². The summed E-state index contributed by atoms with van der Waals surface area (Å²) >= 11 is 0. The second-order valence-corrected chi connectivity index (χ2v) is 7.07. The van der Waals surface area contributed by atoms with E-state index in [4.69, 9.17) is 0 Å². The van der Waals surface area contributed by atoms with Gasteiger partial charge < -0.3 is 9.80 Å². The lowest BCUT2D eigenvalue weighted by Gasteiger charge is -2.23. The molecule has 5 nitrogen and oxygen atoms in total. The van der Waals surface area contributed by atoms with Gasteiger partial charge >= 0.3 is 0 Å². The molecular formula is C18H22FN5. The molecule has 2 aromatic rings. The maximum atomic E-state index is 14.7. The van der Waals surface area contributed by atoms with Crippen molar-refractivity contribution in [2.45, 2.75) is 19.8 Å². The van der Waals surface area contributed by atoms with Crippen molar-refractivity contribution in [2.24, 2.45) is 11.8 Å². The Morgan fingerprint density at radius 3 is 2.33 bits per heavy atom. The molecule has 2 aromatic heterocycles. The second-order valence-electron chi connectivity index (χ2n) is 7.07. The molecule has 0 bridgehead atoms. The molecule has 6 heteroatoms. The van der Waals surface area contributed by atoms with Crippen molar-refractivity contribution in [3.63, 3.8) is 0 Å². The molecule has 0 amide bonds. The molecule has 24 heavy (non-hydrogen) atoms. The average molecular weight is 327 g/mol. The van der Waals surface area contributed by atoms with Gasteiger partial charge in [0, 0.05) is 44.2 Å². The number of halogens is 1. The summed E-state index contributed by atoms with van der Waals surface area (Å²) in [6, 6.07) is 6.01. The first-order valence-corrected chi connectivity index (χ1v) is 8.54. The van der Waals surface area contributed by atoms with Crippen LogP contribution in [0.4, 0.5) is 16.0 Å². The third-order valence-electron chi connectivity index (χ3n) is 5.10. The summed E-state index contributed by atoms with van der Waals surface area (Å²) in [5, 5.41) is 0. The third kappa shape index (κ3) is 2.60. The van der Waals surface area contributed by atoms with Crippen molar-refractivity contribution in [2.75, 3.05) is 36.0 Å². The molecule has 126 valence electrons. The summed E-state index contributed by atoms with van der Waals surface area (Å²) in [7, 11) is 0. The largest absolute Gasteiger partial charge is 0.356 e. The summed E-state index contributed by atoms with van der Waals surface area (Å²) in [5.74, 6) is 2.37. The Hall–Kier alpha value is -2.24. The predicted octanol–water partition coefficient (Wildman–Crippen LogP) is 2.71. The topological polar surface area (TPSA) is 45.2 Å². The van der Waals surface area contributed by atoms with E-state index in [1.165, 1.54) is 6.33 Å². The van der Waals surface area contributed by atoms with Crippen LogP contribution in [0, 0.1) is 17.7 Å². The van der Waals surface area contributed by atoms with Crippen LogP contribution in [0.2, 0.25) is 0 Å². The van der Waals surface area contributed by atoms with E-state index in [-0.39, 0.29) is 11.7 Å². The standard InChI is InChI=1S/C18H22FN5/c1-12(2)17-16(19)18(22-11-21-17)24-9-13-7-23(8-14(13)10-24)15-5-3-4-6-20-15/h3-6,11-14H,7-10H2,1-2H3. The molecule has 2 saturated heterocycles. The monoisotopic (exact) mass is 327 g/mol. The molecule has 2 aliphatic heterocycles. The third-order valence-corrected chi connectivity index (χ3v) is 5.10. The Bertz CT molecular complexity index is 707. The zero-order valence-corrected chi connectivity index (χ0v) is 14.1. The summed E-state index contributed by atoms with van der Waals surface area (Å²) in [6.07, 6.45) is 3.32. The number of fused-ring (bicyclic) bond motifs is 1. The van der Waals surface area contributed by atoms with Crippen LogP contribution in [0.1, 0.15) is 25.5 Å². The van der Waals surface area contributed by atoms with Crippen LogP contribution in [0.25, 0.3) is 0 Å². The number of anilines is 2. The molecule has 2 atom stereocenters. The molecule has 2 unspecified atom stereocenters. The first-order valence-electron chi connectivity index (χ1n) is 8.54. The lowest BCUT2D eigenvalue weighted by Crippen LogP contribution is -2.30. The summed E-state index contributed by atoms with van der Waals surface area (Å²) in [6.45, 7) is 7.56. The van der Waals surface area contributed by atoms with E-state index in [9.17, 15) is 4.39 Å². The first kappa shape index (κ1) is 15.3. The summed E-state index contributed by atoms with van der Waals surface area (Å²) in [4.78, 5) is 17.2. The molecule has 0 saturated carbocycles. The predicted molar refractivity (Wildman–Crippen MR) is 91.7 cm³/mol. The summed E-state index contributed by atoms with van der Waals surface area (Å²) < 4.78 is 14.7. The highest BCUT2D eigenvalue weighted by atomic mass is 19.1. The highest BCUT2D eigenvalue weighted by Crippen LogP contribution is 2.36. The van der Waals surface area contributed by atoms with E-state index in [0.717, 1.165) is 32.0 Å². The fourth-order valence-electron chi connectivity index (χ4n) is 3.89. The summed E-state index contributed by atoms with van der Waals surface area (Å²) in [5.41, 5.74) is 0.507. The van der Waals surface area contributed by atoms with Gasteiger partial charge in [-0.15, -0.1) is 0 Å². The highest BCUT2D eigenvalue weighted by Gasteiger charge is 2.41. The zero-order valence-electron chi connectivity index (χ0n) is 14.1. The number of pyridine rings is 1. The fourth-order valence-corrected chi connectivity index (χ4v) is 3.89. The van der Waals surface area contributed by atoms with E-state index in [0.29, 0.717) is 23.3 Å². The van der Waals surface area contributed by atoms with Gasteiger partial charge in [-0.25, -0.2) is 19.3 Å². The first-order chi connectivity index (χ1) is 11.6. The van der Waals surface area contributed by atoms with Gasteiger partial charge in [-0.05, 0) is 18.1 Å². The zero-order chi connectivity index (χ0) is 16.7. The molecule has 0 aromatic carbocycles. The Kier molecular flexibility index (Phi) is 3.82. The van der Waals surface area contributed by atoms with E-state index in [1.807, 2.05) is 32.2 Å². The van der Waals surface area contributed by atoms with Crippen LogP contribution < -0.4 is 9.80 Å². The van der Waals surface area contributed by atoms with E-state index < -0.39 is 0 Å². The average Bonchev–Trinajstić information content (AvgIpc) is 3.14. The lowest BCUT2D eigenvalue weighted by atomic mass is 10.0. The normalized spacial score (nSPS) is 23.2. The van der Waals surface area contributed by atoms with Crippen LogP contribution >= 0.6 is 0 Å². The molecule has 0 spiro atoms. The van der Waals surface area contributed by atoms with Gasteiger partial charge in [0.1, 0.15) is 12.1 Å². The van der Waals surface area contributed by atoms with Crippen LogP contribution in [0.15, 0.2) is 30.7 Å². The van der Waals surface area contributed by atoms with Crippen LogP contribution in [-0.4, -0.2) is 41.1 Å². The van der Waals surface area contributed by atoms with E-state index >= 15 is 0 Å². The Morgan fingerprint density at radius 1 is 1.00 bits per heavy atom. The smallest absolute Gasteiger partial charge is 0.187 e. The molecule has 0 N–H and O–H groups in total. The van der Waals surface area contributed by atoms with Crippen LogP contribution in [-0.2, 0) is 0 Å². The molecule has 4 rings (SSSR count). The minimum Gasteiger partial charge on any atom is -0.356 e. The minimum atomic E-state index is -0.256. The molecule has 0 radical (unpaired) electrons. The van der Waals surface area contributed by atoms with Gasteiger partial charge in [0.25, 0.3) is 0 Å². The fraction of sp³-hybridized carbons (Fsp3) is 0.500. The van der Waals surface area contributed by atoms with Crippen molar-refractivity contribution in [3.8, 4) is 0 Å². The van der Waals surface area contributed by atoms with Gasteiger partial charge in [0.2, 0.25) is 0 Å². The number of aromatic nitrogens is 3. The van der Waals surface area contributed by atoms with Gasteiger partial charge in [-0.1, -0.05) is 19.9 Å². The molecule has 0 aliphatic carbocycles. The van der Waals surface area contributed by atoms with E-state index in [2.05, 4.69) is 30.8 Å². The van der Waals surface area contributed by atoms with Crippen LogP contribution in [0.3, 0.4) is 0 Å². The van der Waals surface area contributed by atoms with Gasteiger partial charge in [-0.3, -0.25) is 0 Å². The van der Waals surface area contributed by atoms with Gasteiger partial charge in [0.15, 0.2) is 11.6 Å². The van der Waals surface area contributed by atoms with Crippen molar-refractivity contribution in [1.29, 1.82) is 0 Å². The van der Waals surface area contributed by atoms with Crippen LogP contribution in [0.5, 0.6) is 0 Å². The lowest BCUT2D eigenvalue weighted by molar-refractivity contribution is 0.533. The number of hydrogen-bond donors (Lipinski definition) is 0. The van der Waals surface area contributed by atoms with Crippen molar-refractivity contribution in [1.82, 2.24) is 15.0 Å². The van der Waals surface area contributed by atoms with Crippen molar-refractivity contribution >= 4 is 11.6 Å². The molecular weight excluding hydrogens is 305 g/mol. The second kappa shape index (κ2) is 6.00. The van der Waals surface area contributed by atoms with Gasteiger partial charge in [0.05, 0.1) is 5.69 Å². The highest BCUT2D eigenvalue weighted by molar-refractivity contribution is 5.46. The van der Waals surface area contributed by atoms with Crippen molar-refractivity contribution < 1.29 is 4.39 Å². The number of nitrogens with zero attached hydrogens (tertiary/aromatic N) is 5. The Balaban J connectivity index is 1.49. The minimum absolute atomic E-state index is 0.0634. The molecule has 4 heterocycles. The number of rotatable bonds is 3. The maximum absolute atomic E-state index is 14.7. The SMILES string of the molecule is CC(C)c1ncnc(N2CC3CN(c4ccccn4)CC3C2)c1F. The molecule has 2 fully saturated rings. The van der Waals surface area contributed by atoms with Gasteiger partial charge in [-0.2, -0.15) is 0 Å². The van der Waals surface area contributed by atoms with E-state index in [1.54, 1.807) is 0 Å². The molecule has 2 aliphatic rings. The number of hydrogen-bond acceptors (Lipinski definition) is 5. The maximum Gasteiger partial charge on any atom is 0.187 e. The Morgan fingerprint density at radius 2 is 1.71 bits per heavy atom. The quantitative estimate of drug-likeness (QED) is 0.867.